The van der Waals surface area contributed by atoms with Crippen LogP contribution < -0.4 is 0 Å². The van der Waals surface area contributed by atoms with Crippen LogP contribution in [0.4, 0.5) is 0 Å². The van der Waals surface area contributed by atoms with Crippen LogP contribution in [0, 0.1) is 0 Å². The van der Waals surface area contributed by atoms with Gasteiger partial charge < -0.3 is 9.47 Å². The molecule has 0 N–H and O–H groups in total. The Balaban J connectivity index is 2.49. The maximum Gasteiger partial charge on any atom is 0.277 e. The van der Waals surface area contributed by atoms with E-state index in [1.165, 1.54) is 0 Å². The van der Waals surface area contributed by atoms with Crippen molar-refractivity contribution in [2.75, 3.05) is 13.2 Å². The van der Waals surface area contributed by atoms with Gasteiger partial charge in [-0.25, -0.2) is 0 Å². The maximum atomic E-state index is 5.20. The first kappa shape index (κ1) is 6.46. The minimum atomic E-state index is 0.723. The minimum Gasteiger partial charge on any atom is -0.465 e. The van der Waals surface area contributed by atoms with Crippen LogP contribution in [0.25, 0.3) is 0 Å². The highest BCUT2D eigenvalue weighted by molar-refractivity contribution is 4.96. The smallest absolute Gasteiger partial charge is 0.277 e. The lowest BCUT2D eigenvalue weighted by Gasteiger charge is -2.18. The molecule has 1 rings (SSSR count). The molecule has 0 spiro atoms. The Bertz CT molecular complexity index is 115. The molecule has 2 heteroatoms. The van der Waals surface area contributed by atoms with Gasteiger partial charge in [0, 0.05) is 12.0 Å². The molecular formula is C7H12O2. The van der Waals surface area contributed by atoms with Crippen molar-refractivity contribution >= 4 is 0 Å². The average Bonchev–Trinajstić information content (AvgIpc) is 1.90. The summed E-state index contributed by atoms with van der Waals surface area (Å²) in [7, 11) is 0. The number of hydrogen-bond acceptors (Lipinski definition) is 2. The first-order valence-corrected chi connectivity index (χ1v) is 3.24. The van der Waals surface area contributed by atoms with E-state index in [-0.39, 0.29) is 0 Å². The van der Waals surface area contributed by atoms with Crippen LogP contribution in [0.2, 0.25) is 0 Å². The molecule has 0 aromatic rings. The lowest BCUT2D eigenvalue weighted by atomic mass is 10.3. The third-order valence-corrected chi connectivity index (χ3v) is 1.16. The molecule has 1 aliphatic heterocycles. The van der Waals surface area contributed by atoms with Crippen molar-refractivity contribution in [3.05, 3.63) is 11.5 Å². The second kappa shape index (κ2) is 2.76. The third-order valence-electron chi connectivity index (χ3n) is 1.16. The molecule has 0 aromatic carbocycles. The maximum absolute atomic E-state index is 5.20. The molecule has 2 nitrogen and oxygen atoms in total. The van der Waals surface area contributed by atoms with Crippen LogP contribution in [0.3, 0.4) is 0 Å². The molecule has 1 aliphatic rings. The molecule has 9 heavy (non-hydrogen) atoms. The van der Waals surface area contributed by atoms with Gasteiger partial charge >= 0.3 is 0 Å². The summed E-state index contributed by atoms with van der Waals surface area (Å²) in [5.41, 5.74) is 1.12. The molecule has 52 valence electrons. The zero-order chi connectivity index (χ0) is 6.69. The highest BCUT2D eigenvalue weighted by Crippen LogP contribution is 2.12. The molecule has 0 aromatic heterocycles. The standard InChI is InChI=1S/C7H12O2/c1-6(2)7-8-4-3-5-9-7/h3-5H2,1-2H3. The summed E-state index contributed by atoms with van der Waals surface area (Å²) in [4.78, 5) is 0. The van der Waals surface area contributed by atoms with E-state index in [1.54, 1.807) is 0 Å². The van der Waals surface area contributed by atoms with Crippen LogP contribution in [0.5, 0.6) is 0 Å². The summed E-state index contributed by atoms with van der Waals surface area (Å²) in [5.74, 6) is 0.723. The molecular weight excluding hydrogens is 116 g/mol. The van der Waals surface area contributed by atoms with Crippen LogP contribution >= 0.6 is 0 Å². The number of allylic oxidation sites excluding steroid dienone is 1. The highest BCUT2D eigenvalue weighted by Gasteiger charge is 2.06. The van der Waals surface area contributed by atoms with Gasteiger partial charge in [-0.15, -0.1) is 0 Å². The van der Waals surface area contributed by atoms with Crippen molar-refractivity contribution < 1.29 is 9.47 Å². The van der Waals surface area contributed by atoms with Gasteiger partial charge in [0.25, 0.3) is 5.95 Å². The van der Waals surface area contributed by atoms with E-state index in [0.717, 1.165) is 31.2 Å². The Hall–Kier alpha value is -0.660. The van der Waals surface area contributed by atoms with E-state index in [2.05, 4.69) is 0 Å². The molecule has 0 radical (unpaired) electrons. The summed E-state index contributed by atoms with van der Waals surface area (Å²) in [6.45, 7) is 5.59. The molecule has 0 saturated carbocycles. The molecule has 0 bridgehead atoms. The Morgan fingerprint density at radius 1 is 1.22 bits per heavy atom. The monoisotopic (exact) mass is 128 g/mol. The zero-order valence-electron chi connectivity index (χ0n) is 5.94. The summed E-state index contributed by atoms with van der Waals surface area (Å²) in [6.07, 6.45) is 1.01. The van der Waals surface area contributed by atoms with E-state index in [0.29, 0.717) is 0 Å². The molecule has 1 fully saturated rings. The van der Waals surface area contributed by atoms with Gasteiger partial charge in [0.05, 0.1) is 13.2 Å². The highest BCUT2D eigenvalue weighted by atomic mass is 16.7. The van der Waals surface area contributed by atoms with Crippen molar-refractivity contribution in [1.29, 1.82) is 0 Å². The topological polar surface area (TPSA) is 18.5 Å². The fourth-order valence-electron chi connectivity index (χ4n) is 0.719. The normalized spacial score (nSPS) is 18.2. The van der Waals surface area contributed by atoms with E-state index in [9.17, 15) is 0 Å². The number of hydrogen-bond donors (Lipinski definition) is 0. The summed E-state index contributed by atoms with van der Waals surface area (Å²) >= 11 is 0. The van der Waals surface area contributed by atoms with Gasteiger partial charge in [-0.3, -0.25) is 0 Å². The molecule has 0 amide bonds. The van der Waals surface area contributed by atoms with Crippen molar-refractivity contribution in [3.63, 3.8) is 0 Å². The molecule has 0 aliphatic carbocycles. The van der Waals surface area contributed by atoms with Crippen molar-refractivity contribution in [3.8, 4) is 0 Å². The third kappa shape index (κ3) is 1.63. The summed E-state index contributed by atoms with van der Waals surface area (Å²) in [6, 6.07) is 0. The summed E-state index contributed by atoms with van der Waals surface area (Å²) < 4.78 is 10.4. The second-order valence-corrected chi connectivity index (χ2v) is 2.34. The first-order valence-electron chi connectivity index (χ1n) is 3.24. The predicted octanol–water partition coefficient (Wildman–Crippen LogP) is 1.67. The van der Waals surface area contributed by atoms with Gasteiger partial charge in [-0.05, 0) is 13.8 Å². The molecule has 0 atom stereocenters. The van der Waals surface area contributed by atoms with Crippen LogP contribution in [-0.4, -0.2) is 13.2 Å². The average molecular weight is 128 g/mol. The van der Waals surface area contributed by atoms with E-state index >= 15 is 0 Å². The van der Waals surface area contributed by atoms with E-state index in [4.69, 9.17) is 9.47 Å². The molecule has 1 saturated heterocycles. The first-order chi connectivity index (χ1) is 4.30. The Labute approximate surface area is 55.5 Å². The molecule has 0 unspecified atom stereocenters. The van der Waals surface area contributed by atoms with Gasteiger partial charge in [0.1, 0.15) is 0 Å². The number of ether oxygens (including phenoxy) is 2. The predicted molar refractivity (Wildman–Crippen MR) is 34.9 cm³/mol. The molecule has 1 heterocycles. The van der Waals surface area contributed by atoms with Gasteiger partial charge in [-0.2, -0.15) is 0 Å². The fraction of sp³-hybridized carbons (Fsp3) is 0.714. The number of rotatable bonds is 0. The second-order valence-electron chi connectivity index (χ2n) is 2.34. The lowest BCUT2D eigenvalue weighted by molar-refractivity contribution is -0.0170. The Morgan fingerprint density at radius 3 is 2.11 bits per heavy atom. The van der Waals surface area contributed by atoms with Gasteiger partial charge in [0.15, 0.2) is 0 Å². The summed E-state index contributed by atoms with van der Waals surface area (Å²) in [5, 5.41) is 0. The van der Waals surface area contributed by atoms with Gasteiger partial charge in [0.2, 0.25) is 0 Å². The largest absolute Gasteiger partial charge is 0.465 e. The Kier molecular flexibility index (Phi) is 1.98. The fourth-order valence-corrected chi connectivity index (χ4v) is 0.719. The van der Waals surface area contributed by atoms with Crippen molar-refractivity contribution in [2.24, 2.45) is 0 Å². The van der Waals surface area contributed by atoms with Crippen molar-refractivity contribution in [2.45, 2.75) is 20.3 Å². The van der Waals surface area contributed by atoms with Crippen molar-refractivity contribution in [1.82, 2.24) is 0 Å². The quantitative estimate of drug-likeness (QED) is 0.494. The van der Waals surface area contributed by atoms with E-state index in [1.807, 2.05) is 13.8 Å². The van der Waals surface area contributed by atoms with Crippen LogP contribution in [0.1, 0.15) is 20.3 Å². The lowest BCUT2D eigenvalue weighted by Crippen LogP contribution is -2.11. The van der Waals surface area contributed by atoms with Crippen LogP contribution in [0.15, 0.2) is 11.5 Å². The van der Waals surface area contributed by atoms with Crippen LogP contribution in [-0.2, 0) is 9.47 Å². The van der Waals surface area contributed by atoms with E-state index < -0.39 is 0 Å². The Morgan fingerprint density at radius 2 is 1.78 bits per heavy atom. The zero-order valence-corrected chi connectivity index (χ0v) is 5.94. The minimum absolute atomic E-state index is 0.723. The SMILES string of the molecule is CC(C)=C1OCCCO1. The van der Waals surface area contributed by atoms with Gasteiger partial charge in [-0.1, -0.05) is 0 Å².